The maximum absolute atomic E-state index is 12.9. The van der Waals surface area contributed by atoms with Gasteiger partial charge in [0.15, 0.2) is 0 Å². The first-order valence-corrected chi connectivity index (χ1v) is 12.3. The predicted octanol–water partition coefficient (Wildman–Crippen LogP) is 6.23. The van der Waals surface area contributed by atoms with Gasteiger partial charge in [-0.05, 0) is 78.2 Å². The fraction of sp³-hybridized carbons (Fsp3) is 0.241. The van der Waals surface area contributed by atoms with Gasteiger partial charge in [0.2, 0.25) is 0 Å². The van der Waals surface area contributed by atoms with Crippen LogP contribution in [0.1, 0.15) is 34.3 Å². The van der Waals surface area contributed by atoms with Gasteiger partial charge in [-0.3, -0.25) is 0 Å². The molecular weight excluding hydrogens is 551 g/mol. The molecule has 0 atom stereocenters. The van der Waals surface area contributed by atoms with E-state index in [4.69, 9.17) is 25.7 Å². The molecule has 0 bridgehead atoms. The van der Waals surface area contributed by atoms with Gasteiger partial charge in [0.25, 0.3) is 0 Å². The van der Waals surface area contributed by atoms with Gasteiger partial charge in [-0.2, -0.15) is 22.0 Å². The number of alkyl halides is 5. The first-order valence-electron chi connectivity index (χ1n) is 12.3. The number of benzene rings is 3. The van der Waals surface area contributed by atoms with Crippen molar-refractivity contribution >= 4 is 29.4 Å². The summed E-state index contributed by atoms with van der Waals surface area (Å²) in [5, 5.41) is 0. The summed E-state index contributed by atoms with van der Waals surface area (Å²) in [7, 11) is 0. The van der Waals surface area contributed by atoms with Gasteiger partial charge in [-0.25, -0.2) is 9.59 Å². The van der Waals surface area contributed by atoms with E-state index < -0.39 is 36.9 Å². The van der Waals surface area contributed by atoms with E-state index in [2.05, 4.69) is 0 Å². The maximum atomic E-state index is 12.9. The van der Waals surface area contributed by atoms with Crippen molar-refractivity contribution in [1.82, 2.24) is 0 Å². The van der Waals surface area contributed by atoms with E-state index in [1.807, 2.05) is 0 Å². The molecule has 4 N–H and O–H groups in total. The lowest BCUT2D eigenvalue weighted by molar-refractivity contribution is -0.284. The van der Waals surface area contributed by atoms with Gasteiger partial charge in [0, 0.05) is 30.3 Å². The van der Waals surface area contributed by atoms with Crippen LogP contribution in [-0.2, 0) is 16.0 Å². The van der Waals surface area contributed by atoms with E-state index in [0.717, 1.165) is 5.56 Å². The Balaban J connectivity index is 1.42. The number of anilines is 2. The molecule has 3 rings (SSSR count). The number of hydrogen-bond acceptors (Lipinski definition) is 7. The van der Waals surface area contributed by atoms with E-state index in [1.54, 1.807) is 30.3 Å². The minimum absolute atomic E-state index is 0.125. The van der Waals surface area contributed by atoms with Crippen LogP contribution in [0.3, 0.4) is 0 Å². The van der Waals surface area contributed by atoms with Crippen LogP contribution in [0.4, 0.5) is 33.3 Å². The van der Waals surface area contributed by atoms with Gasteiger partial charge in [-0.15, -0.1) is 0 Å². The van der Waals surface area contributed by atoms with Crippen LogP contribution in [0.2, 0.25) is 0 Å². The van der Waals surface area contributed by atoms with Gasteiger partial charge in [0.1, 0.15) is 11.5 Å². The highest BCUT2D eigenvalue weighted by Gasteiger charge is 2.56. The first kappa shape index (κ1) is 30.9. The van der Waals surface area contributed by atoms with E-state index >= 15 is 0 Å². The third-order valence-electron chi connectivity index (χ3n) is 5.69. The second kappa shape index (κ2) is 13.6. The molecule has 0 amide bonds. The largest absolute Gasteiger partial charge is 0.494 e. The molecule has 0 aliphatic heterocycles. The highest BCUT2D eigenvalue weighted by atomic mass is 19.4. The number of esters is 2. The van der Waals surface area contributed by atoms with Crippen LogP contribution in [0.15, 0.2) is 72.8 Å². The molecule has 3 aromatic carbocycles. The molecule has 0 saturated carbocycles. The predicted molar refractivity (Wildman–Crippen MR) is 143 cm³/mol. The molecule has 0 heterocycles. The molecule has 0 fully saturated rings. The second-order valence-corrected chi connectivity index (χ2v) is 8.85. The Bertz CT molecular complexity index is 1360. The monoisotopic (exact) mass is 578 g/mol. The van der Waals surface area contributed by atoms with Crippen molar-refractivity contribution in [3.05, 3.63) is 89.5 Å². The second-order valence-electron chi connectivity index (χ2n) is 8.85. The zero-order valence-corrected chi connectivity index (χ0v) is 21.6. The van der Waals surface area contributed by atoms with Gasteiger partial charge < -0.3 is 25.7 Å². The summed E-state index contributed by atoms with van der Waals surface area (Å²) in [4.78, 5) is 24.4. The molecule has 0 unspecified atom stereocenters. The van der Waals surface area contributed by atoms with Crippen molar-refractivity contribution < 1.29 is 45.8 Å². The van der Waals surface area contributed by atoms with Gasteiger partial charge >= 0.3 is 24.0 Å². The fourth-order valence-corrected chi connectivity index (χ4v) is 3.44. The number of carbonyl (C=O) groups is 2. The van der Waals surface area contributed by atoms with E-state index in [0.29, 0.717) is 23.4 Å². The standard InChI is InChI=1S/C29H27F5N2O5/c30-28(31,29(32,33)34)15-1-16-39-23-10-5-20(6-11-23)27(38)41-24-8-2-19(3-9-24)4-13-26(37)40-17-14-21-18-22(35)7-12-25(21)36/h2-13,18H,1,14-17,35-36H2. The Kier molecular flexibility index (Phi) is 10.3. The molecular formula is C29H27F5N2O5. The average molecular weight is 579 g/mol. The lowest BCUT2D eigenvalue weighted by atomic mass is 10.1. The van der Waals surface area contributed by atoms with Crippen LogP contribution in [0, 0.1) is 0 Å². The molecule has 7 nitrogen and oxygen atoms in total. The lowest BCUT2D eigenvalue weighted by Crippen LogP contribution is -2.36. The molecule has 0 aliphatic carbocycles. The van der Waals surface area contributed by atoms with Crippen LogP contribution < -0.4 is 20.9 Å². The highest BCUT2D eigenvalue weighted by molar-refractivity contribution is 5.91. The SMILES string of the molecule is Nc1ccc(N)c(CCOC(=O)C=Cc2ccc(OC(=O)c3ccc(OCCCC(F)(F)C(F)(F)F)cc3)cc2)c1. The smallest absolute Gasteiger partial charge is 0.453 e. The van der Waals surface area contributed by atoms with Crippen molar-refractivity contribution in [2.75, 3.05) is 24.7 Å². The third kappa shape index (κ3) is 9.52. The number of halogens is 5. The summed E-state index contributed by atoms with van der Waals surface area (Å²) in [5.41, 5.74) is 14.3. The number of nitrogen functional groups attached to an aromatic ring is 2. The molecule has 0 saturated heterocycles. The molecule has 0 aromatic heterocycles. The van der Waals surface area contributed by atoms with Crippen molar-refractivity contribution in [3.8, 4) is 11.5 Å². The quantitative estimate of drug-likeness (QED) is 0.0655. The summed E-state index contributed by atoms with van der Waals surface area (Å²) in [6.07, 6.45) is -4.29. The summed E-state index contributed by atoms with van der Waals surface area (Å²) in [6, 6.07) is 16.9. The minimum Gasteiger partial charge on any atom is -0.494 e. The fourth-order valence-electron chi connectivity index (χ4n) is 3.44. The summed E-state index contributed by atoms with van der Waals surface area (Å²) < 4.78 is 78.0. The number of ether oxygens (including phenoxy) is 3. The lowest BCUT2D eigenvalue weighted by Gasteiger charge is -2.19. The minimum atomic E-state index is -5.60. The van der Waals surface area contributed by atoms with Crippen molar-refractivity contribution in [3.63, 3.8) is 0 Å². The molecule has 12 heteroatoms. The number of hydrogen-bond donors (Lipinski definition) is 2. The number of carbonyl (C=O) groups excluding carboxylic acids is 2. The summed E-state index contributed by atoms with van der Waals surface area (Å²) in [5.74, 6) is -5.58. The van der Waals surface area contributed by atoms with Crippen LogP contribution >= 0.6 is 0 Å². The molecule has 218 valence electrons. The highest BCUT2D eigenvalue weighted by Crippen LogP contribution is 2.38. The Labute approximate surface area is 232 Å². The summed E-state index contributed by atoms with van der Waals surface area (Å²) in [6.45, 7) is -0.230. The zero-order valence-electron chi connectivity index (χ0n) is 21.6. The van der Waals surface area contributed by atoms with Crippen molar-refractivity contribution in [2.24, 2.45) is 0 Å². The Morgan fingerprint density at radius 3 is 2.15 bits per heavy atom. The number of nitrogens with two attached hydrogens (primary N) is 2. The van der Waals surface area contributed by atoms with E-state index in [-0.39, 0.29) is 30.3 Å². The van der Waals surface area contributed by atoms with Crippen LogP contribution in [-0.4, -0.2) is 37.3 Å². The average Bonchev–Trinajstić information content (AvgIpc) is 2.92. The van der Waals surface area contributed by atoms with Gasteiger partial charge in [0.05, 0.1) is 18.8 Å². The topological polar surface area (TPSA) is 114 Å². The Morgan fingerprint density at radius 1 is 0.829 bits per heavy atom. The van der Waals surface area contributed by atoms with Gasteiger partial charge in [-0.1, -0.05) is 12.1 Å². The van der Waals surface area contributed by atoms with Crippen LogP contribution in [0.25, 0.3) is 6.08 Å². The Hall–Kier alpha value is -4.61. The van der Waals surface area contributed by atoms with E-state index in [1.165, 1.54) is 48.6 Å². The molecule has 0 radical (unpaired) electrons. The van der Waals surface area contributed by atoms with Crippen LogP contribution in [0.5, 0.6) is 11.5 Å². The first-order chi connectivity index (χ1) is 19.3. The maximum Gasteiger partial charge on any atom is 0.453 e. The van der Waals surface area contributed by atoms with Crippen molar-refractivity contribution in [2.45, 2.75) is 31.4 Å². The van der Waals surface area contributed by atoms with Crippen molar-refractivity contribution in [1.29, 1.82) is 0 Å². The Morgan fingerprint density at radius 2 is 1.49 bits per heavy atom. The number of rotatable bonds is 12. The molecule has 41 heavy (non-hydrogen) atoms. The molecule has 0 aliphatic rings. The molecule has 3 aromatic rings. The summed E-state index contributed by atoms with van der Waals surface area (Å²) >= 11 is 0. The normalized spacial score (nSPS) is 11.8. The zero-order chi connectivity index (χ0) is 30.0. The molecule has 0 spiro atoms. The van der Waals surface area contributed by atoms with E-state index in [9.17, 15) is 31.5 Å². The third-order valence-corrected chi connectivity index (χ3v) is 5.69.